The second-order valence-electron chi connectivity index (χ2n) is 2.10. The summed E-state index contributed by atoms with van der Waals surface area (Å²) in [5.74, 6) is 0. The van der Waals surface area contributed by atoms with E-state index in [2.05, 4.69) is 13.2 Å². The van der Waals surface area contributed by atoms with Crippen LogP contribution < -0.4 is 5.73 Å². The highest BCUT2D eigenvalue weighted by Gasteiger charge is 1.96. The van der Waals surface area contributed by atoms with Gasteiger partial charge in [0.2, 0.25) is 0 Å². The molecule has 0 saturated carbocycles. The highest BCUT2D eigenvalue weighted by Crippen LogP contribution is 2.01. The van der Waals surface area contributed by atoms with Gasteiger partial charge in [-0.2, -0.15) is 0 Å². The molecule has 1 unspecified atom stereocenters. The van der Waals surface area contributed by atoms with Crippen molar-refractivity contribution < 1.29 is 5.11 Å². The molecule has 2 nitrogen and oxygen atoms in total. The predicted molar refractivity (Wildman–Crippen MR) is 43.3 cm³/mol. The van der Waals surface area contributed by atoms with Gasteiger partial charge in [-0.25, -0.2) is 0 Å². The van der Waals surface area contributed by atoms with Crippen LogP contribution in [-0.2, 0) is 0 Å². The Morgan fingerprint density at radius 1 is 1.70 bits per heavy atom. The van der Waals surface area contributed by atoms with E-state index in [0.29, 0.717) is 11.3 Å². The van der Waals surface area contributed by atoms with E-state index in [1.807, 2.05) is 0 Å². The molecule has 0 fully saturated rings. The molecule has 0 aromatic rings. The van der Waals surface area contributed by atoms with Crippen molar-refractivity contribution in [1.82, 2.24) is 0 Å². The average molecular weight is 139 g/mol. The minimum absolute atomic E-state index is 0.519. The lowest BCUT2D eigenvalue weighted by atomic mass is 10.1. The van der Waals surface area contributed by atoms with Crippen LogP contribution in [0.15, 0.2) is 36.6 Å². The Morgan fingerprint density at radius 3 is 2.50 bits per heavy atom. The molecule has 0 aromatic carbocycles. The van der Waals surface area contributed by atoms with Gasteiger partial charge < -0.3 is 10.8 Å². The zero-order chi connectivity index (χ0) is 8.15. The summed E-state index contributed by atoms with van der Waals surface area (Å²) in [6.45, 7) is 8.68. The first-order chi connectivity index (χ1) is 4.57. The molecule has 0 aliphatic heterocycles. The fourth-order valence-corrected chi connectivity index (χ4v) is 0.394. The zero-order valence-corrected chi connectivity index (χ0v) is 6.17. The molecule has 1 atom stereocenters. The van der Waals surface area contributed by atoms with E-state index in [1.54, 1.807) is 13.0 Å². The molecule has 0 rings (SSSR count). The number of aliphatic hydroxyl groups excluding tert-OH is 1. The van der Waals surface area contributed by atoms with Crippen molar-refractivity contribution in [2.75, 3.05) is 0 Å². The fraction of sp³-hybridized carbons (Fsp3) is 0.250. The van der Waals surface area contributed by atoms with Gasteiger partial charge in [-0.05, 0) is 24.6 Å². The smallest absolute Gasteiger partial charge is 0.0756 e. The number of rotatable bonds is 3. The summed E-state index contributed by atoms with van der Waals surface area (Å²) in [7, 11) is 0. The van der Waals surface area contributed by atoms with Gasteiger partial charge in [0.25, 0.3) is 0 Å². The van der Waals surface area contributed by atoms with Crippen molar-refractivity contribution in [3.8, 4) is 0 Å². The minimum atomic E-state index is -0.543. The van der Waals surface area contributed by atoms with E-state index in [0.717, 1.165) is 0 Å². The van der Waals surface area contributed by atoms with Gasteiger partial charge in [0.05, 0.1) is 6.10 Å². The first-order valence-corrected chi connectivity index (χ1v) is 3.04. The van der Waals surface area contributed by atoms with Crippen molar-refractivity contribution in [1.29, 1.82) is 0 Å². The largest absolute Gasteiger partial charge is 0.399 e. The first kappa shape index (κ1) is 8.98. The average Bonchev–Trinajstić information content (AvgIpc) is 1.87. The van der Waals surface area contributed by atoms with E-state index in [9.17, 15) is 0 Å². The second-order valence-corrected chi connectivity index (χ2v) is 2.10. The Kier molecular flexibility index (Phi) is 3.51. The van der Waals surface area contributed by atoms with Crippen molar-refractivity contribution in [2.24, 2.45) is 5.73 Å². The third kappa shape index (κ3) is 3.10. The second kappa shape index (κ2) is 3.90. The van der Waals surface area contributed by atoms with Crippen LogP contribution >= 0.6 is 0 Å². The van der Waals surface area contributed by atoms with Crippen LogP contribution in [0.2, 0.25) is 0 Å². The molecule has 0 aliphatic carbocycles. The SMILES string of the molecule is C=C/C(N)=C\C(=C)C(C)O. The molecule has 0 aliphatic rings. The van der Waals surface area contributed by atoms with Crippen LogP contribution in [0.4, 0.5) is 0 Å². The number of allylic oxidation sites excluding steroid dienone is 1. The molecule has 2 heteroatoms. The Labute approximate surface area is 61.4 Å². The van der Waals surface area contributed by atoms with Crippen LogP contribution in [0.1, 0.15) is 6.92 Å². The highest BCUT2D eigenvalue weighted by atomic mass is 16.3. The molecule has 0 amide bonds. The molecule has 0 spiro atoms. The number of aliphatic hydroxyl groups is 1. The Hall–Kier alpha value is -1.02. The summed E-state index contributed by atoms with van der Waals surface area (Å²) < 4.78 is 0. The van der Waals surface area contributed by atoms with E-state index >= 15 is 0 Å². The molecular formula is C8H13NO. The van der Waals surface area contributed by atoms with Gasteiger partial charge in [-0.1, -0.05) is 13.2 Å². The molecule has 0 aromatic heterocycles. The number of hydrogen-bond donors (Lipinski definition) is 2. The first-order valence-electron chi connectivity index (χ1n) is 3.04. The van der Waals surface area contributed by atoms with Gasteiger partial charge in [-0.3, -0.25) is 0 Å². The highest BCUT2D eigenvalue weighted by molar-refractivity contribution is 5.26. The van der Waals surface area contributed by atoms with Gasteiger partial charge in [0.1, 0.15) is 0 Å². The van der Waals surface area contributed by atoms with Crippen molar-refractivity contribution >= 4 is 0 Å². The lowest BCUT2D eigenvalue weighted by molar-refractivity contribution is 0.236. The summed E-state index contributed by atoms with van der Waals surface area (Å²) in [6.07, 6.45) is 2.56. The van der Waals surface area contributed by atoms with Crippen molar-refractivity contribution in [3.05, 3.63) is 36.6 Å². The van der Waals surface area contributed by atoms with Crippen molar-refractivity contribution in [2.45, 2.75) is 13.0 Å². The van der Waals surface area contributed by atoms with Crippen LogP contribution in [0.5, 0.6) is 0 Å². The van der Waals surface area contributed by atoms with Crippen LogP contribution in [0.25, 0.3) is 0 Å². The standard InChI is InChI=1S/C8H13NO/c1-4-8(9)5-6(2)7(3)10/h4-5,7,10H,1-2,9H2,3H3/b8-5+. The fourth-order valence-electron chi connectivity index (χ4n) is 0.394. The van der Waals surface area contributed by atoms with Gasteiger partial charge >= 0.3 is 0 Å². The minimum Gasteiger partial charge on any atom is -0.399 e. The summed E-state index contributed by atoms with van der Waals surface area (Å²) in [4.78, 5) is 0. The Bertz CT molecular complexity index is 168. The molecule has 0 radical (unpaired) electrons. The van der Waals surface area contributed by atoms with Crippen molar-refractivity contribution in [3.63, 3.8) is 0 Å². The Balaban J connectivity index is 4.13. The molecule has 0 heterocycles. The molecule has 56 valence electrons. The summed E-state index contributed by atoms with van der Waals surface area (Å²) in [5, 5.41) is 8.93. The lowest BCUT2D eigenvalue weighted by Gasteiger charge is -2.02. The third-order valence-electron chi connectivity index (χ3n) is 1.12. The number of hydrogen-bond acceptors (Lipinski definition) is 2. The van der Waals surface area contributed by atoms with Crippen LogP contribution in [0.3, 0.4) is 0 Å². The maximum Gasteiger partial charge on any atom is 0.0756 e. The van der Waals surface area contributed by atoms with E-state index < -0.39 is 6.10 Å². The van der Waals surface area contributed by atoms with Crippen LogP contribution in [-0.4, -0.2) is 11.2 Å². The zero-order valence-electron chi connectivity index (χ0n) is 6.17. The molecule has 0 bridgehead atoms. The maximum absolute atomic E-state index is 8.93. The normalized spacial score (nSPS) is 14.4. The van der Waals surface area contributed by atoms with E-state index in [1.165, 1.54) is 6.08 Å². The maximum atomic E-state index is 8.93. The van der Waals surface area contributed by atoms with Gasteiger partial charge in [0.15, 0.2) is 0 Å². The molecule has 10 heavy (non-hydrogen) atoms. The van der Waals surface area contributed by atoms with Gasteiger partial charge in [0, 0.05) is 5.70 Å². The van der Waals surface area contributed by atoms with E-state index in [4.69, 9.17) is 10.8 Å². The summed E-state index contributed by atoms with van der Waals surface area (Å²) >= 11 is 0. The number of nitrogens with two attached hydrogens (primary N) is 1. The third-order valence-corrected chi connectivity index (χ3v) is 1.12. The quantitative estimate of drug-likeness (QED) is 0.572. The summed E-state index contributed by atoms with van der Waals surface area (Å²) in [6, 6.07) is 0. The van der Waals surface area contributed by atoms with Crippen LogP contribution in [0, 0.1) is 0 Å². The monoisotopic (exact) mass is 139 g/mol. The Morgan fingerprint density at radius 2 is 2.20 bits per heavy atom. The van der Waals surface area contributed by atoms with Gasteiger partial charge in [-0.15, -0.1) is 0 Å². The molecular weight excluding hydrogens is 126 g/mol. The molecule has 0 saturated heterocycles. The molecule has 3 N–H and O–H groups in total. The van der Waals surface area contributed by atoms with E-state index in [-0.39, 0.29) is 0 Å². The summed E-state index contributed by atoms with van der Waals surface area (Å²) in [5.41, 5.74) is 6.50. The predicted octanol–water partition coefficient (Wildman–Crippen LogP) is 0.952. The topological polar surface area (TPSA) is 46.2 Å². The lowest BCUT2D eigenvalue weighted by Crippen LogP contribution is -2.03.